The van der Waals surface area contributed by atoms with E-state index in [1.165, 1.54) is 6.42 Å². The lowest BCUT2D eigenvalue weighted by Crippen LogP contribution is -2.07. The minimum absolute atomic E-state index is 0.391. The number of carboxylic acids is 1. The highest BCUT2D eigenvalue weighted by atomic mass is 16.4. The van der Waals surface area contributed by atoms with Gasteiger partial charge in [-0.3, -0.25) is 0 Å². The van der Waals surface area contributed by atoms with Gasteiger partial charge in [-0.2, -0.15) is 0 Å². The number of rotatable bonds is 1. The van der Waals surface area contributed by atoms with Crippen molar-refractivity contribution < 1.29 is 9.90 Å². The van der Waals surface area contributed by atoms with Crippen molar-refractivity contribution in [3.63, 3.8) is 0 Å². The second-order valence-corrected chi connectivity index (χ2v) is 3.20. The molecule has 0 amide bonds. The predicted molar refractivity (Wildman–Crippen MR) is 36.5 cm³/mol. The van der Waals surface area contributed by atoms with Crippen molar-refractivity contribution in [1.29, 1.82) is 0 Å². The molecule has 2 rings (SSSR count). The van der Waals surface area contributed by atoms with Crippen LogP contribution in [0.4, 0.5) is 0 Å². The van der Waals surface area contributed by atoms with Crippen molar-refractivity contribution >= 4 is 5.97 Å². The van der Waals surface area contributed by atoms with Crippen LogP contribution in [0.2, 0.25) is 0 Å². The molecule has 0 aromatic rings. The number of fused-ring (bicyclic) bond motifs is 2. The molecule has 0 heterocycles. The lowest BCUT2D eigenvalue weighted by Gasteiger charge is -2.06. The van der Waals surface area contributed by atoms with E-state index in [-0.39, 0.29) is 0 Å². The molecule has 1 saturated carbocycles. The molecule has 2 nitrogen and oxygen atoms in total. The van der Waals surface area contributed by atoms with Gasteiger partial charge in [0.15, 0.2) is 0 Å². The third-order valence-corrected chi connectivity index (χ3v) is 2.58. The molecule has 2 atom stereocenters. The van der Waals surface area contributed by atoms with Crippen LogP contribution in [0.1, 0.15) is 19.3 Å². The summed E-state index contributed by atoms with van der Waals surface area (Å²) in [6.07, 6.45) is 5.35. The van der Waals surface area contributed by atoms with E-state index in [0.29, 0.717) is 17.4 Å². The molecular weight excluding hydrogens is 128 g/mol. The molecule has 0 aromatic heterocycles. The maximum absolute atomic E-state index is 10.5. The Hall–Kier alpha value is -0.790. The molecule has 0 aromatic carbocycles. The van der Waals surface area contributed by atoms with Crippen LogP contribution in [0.5, 0.6) is 0 Å². The fourth-order valence-electron chi connectivity index (χ4n) is 2.09. The van der Waals surface area contributed by atoms with Gasteiger partial charge in [-0.25, -0.2) is 4.79 Å². The van der Waals surface area contributed by atoms with Crippen molar-refractivity contribution in [3.05, 3.63) is 11.6 Å². The molecule has 0 aliphatic heterocycles. The van der Waals surface area contributed by atoms with Gasteiger partial charge in [0.2, 0.25) is 0 Å². The van der Waals surface area contributed by atoms with E-state index >= 15 is 0 Å². The van der Waals surface area contributed by atoms with E-state index in [1.54, 1.807) is 0 Å². The normalized spacial score (nSPS) is 36.2. The van der Waals surface area contributed by atoms with E-state index in [9.17, 15) is 4.79 Å². The second kappa shape index (κ2) is 1.84. The van der Waals surface area contributed by atoms with Crippen LogP contribution in [0.15, 0.2) is 11.6 Å². The lowest BCUT2D eigenvalue weighted by molar-refractivity contribution is -0.133. The molecule has 2 aliphatic carbocycles. The van der Waals surface area contributed by atoms with Gasteiger partial charge < -0.3 is 5.11 Å². The number of allylic oxidation sites excluding steroid dienone is 1. The maximum atomic E-state index is 10.5. The fraction of sp³-hybridized carbons (Fsp3) is 0.625. The summed E-state index contributed by atoms with van der Waals surface area (Å²) in [5.74, 6) is 0.283. The predicted octanol–water partition coefficient (Wildman–Crippen LogP) is 1.43. The minimum Gasteiger partial charge on any atom is -0.478 e. The van der Waals surface area contributed by atoms with Crippen LogP contribution in [0.25, 0.3) is 0 Å². The number of hydrogen-bond acceptors (Lipinski definition) is 1. The molecule has 10 heavy (non-hydrogen) atoms. The van der Waals surface area contributed by atoms with Crippen molar-refractivity contribution in [1.82, 2.24) is 0 Å². The molecule has 1 fully saturated rings. The molecular formula is C8H10O2. The van der Waals surface area contributed by atoms with Crippen LogP contribution in [-0.2, 0) is 4.79 Å². The number of aliphatic carboxylic acids is 1. The van der Waals surface area contributed by atoms with Crippen LogP contribution >= 0.6 is 0 Å². The van der Waals surface area contributed by atoms with Gasteiger partial charge in [0.25, 0.3) is 0 Å². The molecule has 2 aliphatic rings. The first kappa shape index (κ1) is 5.96. The Labute approximate surface area is 59.5 Å². The summed E-state index contributed by atoms with van der Waals surface area (Å²) in [5, 5.41) is 8.67. The Morgan fingerprint density at radius 3 is 2.70 bits per heavy atom. The zero-order valence-electron chi connectivity index (χ0n) is 5.71. The molecule has 2 heteroatoms. The summed E-state index contributed by atoms with van der Waals surface area (Å²) in [6.45, 7) is 0. The number of carbonyl (C=O) groups is 1. The number of hydrogen-bond donors (Lipinski definition) is 1. The van der Waals surface area contributed by atoms with Gasteiger partial charge in [0.05, 0.1) is 0 Å². The molecule has 0 radical (unpaired) electrons. The third-order valence-electron chi connectivity index (χ3n) is 2.58. The highest BCUT2D eigenvalue weighted by molar-refractivity contribution is 5.88. The van der Waals surface area contributed by atoms with Gasteiger partial charge in [0.1, 0.15) is 0 Å². The van der Waals surface area contributed by atoms with E-state index in [1.807, 2.05) is 6.08 Å². The highest BCUT2D eigenvalue weighted by Crippen LogP contribution is 2.43. The van der Waals surface area contributed by atoms with Crippen LogP contribution in [0.3, 0.4) is 0 Å². The molecule has 54 valence electrons. The van der Waals surface area contributed by atoms with Gasteiger partial charge in [-0.05, 0) is 31.1 Å². The first-order valence-electron chi connectivity index (χ1n) is 3.72. The summed E-state index contributed by atoms with van der Waals surface area (Å²) in [7, 11) is 0. The van der Waals surface area contributed by atoms with E-state index < -0.39 is 5.97 Å². The summed E-state index contributed by atoms with van der Waals surface area (Å²) in [6, 6.07) is 0. The van der Waals surface area contributed by atoms with Crippen LogP contribution in [-0.4, -0.2) is 11.1 Å². The third kappa shape index (κ3) is 0.681. The van der Waals surface area contributed by atoms with Gasteiger partial charge in [-0.1, -0.05) is 6.08 Å². The fourth-order valence-corrected chi connectivity index (χ4v) is 2.09. The van der Waals surface area contributed by atoms with E-state index in [0.717, 1.165) is 12.8 Å². The van der Waals surface area contributed by atoms with Crippen molar-refractivity contribution in [3.8, 4) is 0 Å². The van der Waals surface area contributed by atoms with Crippen molar-refractivity contribution in [2.24, 2.45) is 11.8 Å². The molecule has 0 spiro atoms. The number of carboxylic acid groups (broad SMARTS) is 1. The Bertz CT molecular complexity index is 205. The zero-order valence-corrected chi connectivity index (χ0v) is 5.71. The summed E-state index contributed by atoms with van der Waals surface area (Å²) in [5.41, 5.74) is 0.677. The lowest BCUT2D eigenvalue weighted by atomic mass is 9.99. The quantitative estimate of drug-likeness (QED) is 0.595. The monoisotopic (exact) mass is 138 g/mol. The minimum atomic E-state index is -0.702. The topological polar surface area (TPSA) is 37.3 Å². The first-order valence-corrected chi connectivity index (χ1v) is 3.72. The smallest absolute Gasteiger partial charge is 0.331 e. The summed E-state index contributed by atoms with van der Waals surface area (Å²) < 4.78 is 0. The molecule has 2 bridgehead atoms. The molecule has 1 N–H and O–H groups in total. The maximum Gasteiger partial charge on any atom is 0.331 e. The van der Waals surface area contributed by atoms with Crippen LogP contribution < -0.4 is 0 Å². The van der Waals surface area contributed by atoms with Crippen molar-refractivity contribution in [2.45, 2.75) is 19.3 Å². The van der Waals surface area contributed by atoms with Crippen LogP contribution in [0, 0.1) is 11.8 Å². The Balaban J connectivity index is 2.25. The standard InChI is InChI=1S/C8H10O2/c9-8(10)7-4-5-1-2-6(7)3-5/h4-6H,1-3H2,(H,9,10)/t5-,6+/m1/s1. The zero-order chi connectivity index (χ0) is 7.14. The SMILES string of the molecule is O=C(O)C1=C[C@@H]2CC[C@H]1C2. The highest BCUT2D eigenvalue weighted by Gasteiger charge is 2.35. The Morgan fingerprint density at radius 1 is 1.60 bits per heavy atom. The van der Waals surface area contributed by atoms with Crippen molar-refractivity contribution in [2.75, 3.05) is 0 Å². The summed E-state index contributed by atoms with van der Waals surface area (Å²) in [4.78, 5) is 10.5. The molecule has 0 unspecified atom stereocenters. The van der Waals surface area contributed by atoms with Gasteiger partial charge >= 0.3 is 5.97 Å². The Kier molecular flexibility index (Phi) is 1.10. The van der Waals surface area contributed by atoms with Gasteiger partial charge in [-0.15, -0.1) is 0 Å². The average molecular weight is 138 g/mol. The Morgan fingerprint density at radius 2 is 2.40 bits per heavy atom. The molecule has 0 saturated heterocycles. The second-order valence-electron chi connectivity index (χ2n) is 3.20. The van der Waals surface area contributed by atoms with Gasteiger partial charge in [0, 0.05) is 5.57 Å². The largest absolute Gasteiger partial charge is 0.478 e. The average Bonchev–Trinajstić information content (AvgIpc) is 2.44. The van der Waals surface area contributed by atoms with E-state index in [4.69, 9.17) is 5.11 Å². The summed E-state index contributed by atoms with van der Waals surface area (Å²) >= 11 is 0. The van der Waals surface area contributed by atoms with E-state index in [2.05, 4.69) is 0 Å². The first-order chi connectivity index (χ1) is 4.77.